The molecule has 4 aromatic rings. The molecule has 186 valence electrons. The summed E-state index contributed by atoms with van der Waals surface area (Å²) < 4.78 is 6.90. The molecule has 36 heavy (non-hydrogen) atoms. The Morgan fingerprint density at radius 1 is 1.17 bits per heavy atom. The molecule has 8 nitrogen and oxygen atoms in total. The number of amides is 1. The van der Waals surface area contributed by atoms with E-state index in [9.17, 15) is 9.59 Å². The van der Waals surface area contributed by atoms with Gasteiger partial charge in [0, 0.05) is 24.8 Å². The molecule has 1 N–H and O–H groups in total. The second kappa shape index (κ2) is 10.1. The van der Waals surface area contributed by atoms with Crippen molar-refractivity contribution in [2.45, 2.75) is 45.2 Å². The number of imidazole rings is 1. The van der Waals surface area contributed by atoms with Gasteiger partial charge in [0.15, 0.2) is 11.5 Å². The van der Waals surface area contributed by atoms with Gasteiger partial charge in [0.25, 0.3) is 5.91 Å². The molecule has 0 spiro atoms. The number of rotatable bonds is 7. The van der Waals surface area contributed by atoms with Crippen LogP contribution in [0.15, 0.2) is 59.5 Å². The number of aromatic amines is 1. The lowest BCUT2D eigenvalue weighted by Crippen LogP contribution is -2.38. The predicted octanol–water partition coefficient (Wildman–Crippen LogP) is 4.21. The number of hydrogen-bond acceptors (Lipinski definition) is 5. The average Bonchev–Trinajstić information content (AvgIpc) is 3.48. The summed E-state index contributed by atoms with van der Waals surface area (Å²) in [4.78, 5) is 39.9. The van der Waals surface area contributed by atoms with Crippen LogP contribution >= 0.6 is 0 Å². The second-order valence-corrected chi connectivity index (χ2v) is 9.64. The Labute approximate surface area is 210 Å². The molecule has 0 radical (unpaired) electrons. The molecular weight excluding hydrogens is 454 g/mol. The fourth-order valence-electron chi connectivity index (χ4n) is 5.00. The number of carbonyl (C=O) groups is 1. The topological polar surface area (TPSA) is 93.1 Å². The van der Waals surface area contributed by atoms with Crippen LogP contribution in [0.1, 0.15) is 54.1 Å². The summed E-state index contributed by atoms with van der Waals surface area (Å²) >= 11 is 0. The van der Waals surface area contributed by atoms with Crippen molar-refractivity contribution in [2.75, 3.05) is 20.3 Å². The molecule has 2 aromatic carbocycles. The maximum absolute atomic E-state index is 13.0. The van der Waals surface area contributed by atoms with Crippen LogP contribution in [-0.4, -0.2) is 56.6 Å². The van der Waals surface area contributed by atoms with Gasteiger partial charge in [0.05, 0.1) is 25.4 Å². The average molecular weight is 486 g/mol. The van der Waals surface area contributed by atoms with E-state index in [2.05, 4.69) is 29.9 Å². The van der Waals surface area contributed by atoms with E-state index in [0.717, 1.165) is 36.1 Å². The number of fused-ring (bicyclic) bond motifs is 1. The third kappa shape index (κ3) is 4.56. The number of ether oxygens (including phenoxy) is 1. The molecule has 8 heteroatoms. The van der Waals surface area contributed by atoms with Crippen LogP contribution in [0, 0.1) is 0 Å². The largest absolute Gasteiger partial charge is 0.383 e. The number of aromatic nitrogens is 4. The lowest BCUT2D eigenvalue weighted by molar-refractivity contribution is 0.0630. The number of H-pyrrole nitrogens is 1. The van der Waals surface area contributed by atoms with Gasteiger partial charge >= 0.3 is 5.69 Å². The van der Waals surface area contributed by atoms with E-state index < -0.39 is 0 Å². The normalized spacial score (nSPS) is 15.8. The number of carbonyl (C=O) groups excluding carboxylic acids is 1. The summed E-state index contributed by atoms with van der Waals surface area (Å²) in [6.07, 6.45) is 3.63. The van der Waals surface area contributed by atoms with Gasteiger partial charge < -0.3 is 14.6 Å². The fraction of sp³-hybridized carbons (Fsp3) is 0.357. The molecule has 1 aliphatic rings. The fourth-order valence-corrected chi connectivity index (χ4v) is 5.00. The molecule has 0 bridgehead atoms. The number of nitrogens with one attached hydrogen (secondary N) is 1. The summed E-state index contributed by atoms with van der Waals surface area (Å²) in [6, 6.07) is 15.7. The number of methoxy groups -OCH3 is 1. The summed E-state index contributed by atoms with van der Waals surface area (Å²) in [6.45, 7) is 5.92. The Balaban J connectivity index is 1.42. The van der Waals surface area contributed by atoms with Crippen LogP contribution in [0.2, 0.25) is 0 Å². The van der Waals surface area contributed by atoms with Crippen molar-refractivity contribution in [1.29, 1.82) is 0 Å². The Kier molecular flexibility index (Phi) is 6.69. The first kappa shape index (κ1) is 23.9. The highest BCUT2D eigenvalue weighted by Gasteiger charge is 2.29. The van der Waals surface area contributed by atoms with Gasteiger partial charge in [0.1, 0.15) is 5.52 Å². The molecule has 2 aromatic heterocycles. The Morgan fingerprint density at radius 2 is 1.94 bits per heavy atom. The highest BCUT2D eigenvalue weighted by Crippen LogP contribution is 2.27. The summed E-state index contributed by atoms with van der Waals surface area (Å²) in [5.41, 5.74) is 4.58. The van der Waals surface area contributed by atoms with E-state index in [0.29, 0.717) is 41.6 Å². The standard InChI is InChI=1S/C28H31N5O3/c1-18(2)22-8-4-5-9-23(22)25-29-15-24-26(31-25)33(28(35)30-24)16-19-10-12-20(13-11-19)27(34)32-14-6-7-21(32)17-36-3/h4-5,8-13,15,18,21H,6-7,14,16-17H2,1-3H3,(H,30,35)/t21-/m1/s1. The van der Waals surface area contributed by atoms with E-state index in [4.69, 9.17) is 9.72 Å². The highest BCUT2D eigenvalue weighted by atomic mass is 16.5. The number of likely N-dealkylation sites (tertiary alicyclic amines) is 1. The van der Waals surface area contributed by atoms with Crippen molar-refractivity contribution in [2.24, 2.45) is 0 Å². The first-order valence-electron chi connectivity index (χ1n) is 12.4. The molecule has 1 amide bonds. The Bertz CT molecular complexity index is 1440. The van der Waals surface area contributed by atoms with Crippen LogP contribution in [0.4, 0.5) is 0 Å². The molecule has 1 atom stereocenters. The highest BCUT2D eigenvalue weighted by molar-refractivity contribution is 5.94. The lowest BCUT2D eigenvalue weighted by Gasteiger charge is -2.24. The minimum atomic E-state index is -0.242. The Hall–Kier alpha value is -3.78. The minimum Gasteiger partial charge on any atom is -0.383 e. The van der Waals surface area contributed by atoms with Gasteiger partial charge in [-0.1, -0.05) is 50.2 Å². The molecule has 1 saturated heterocycles. The first-order valence-corrected chi connectivity index (χ1v) is 12.4. The smallest absolute Gasteiger partial charge is 0.328 e. The summed E-state index contributed by atoms with van der Waals surface area (Å²) in [7, 11) is 1.67. The van der Waals surface area contributed by atoms with E-state index in [1.807, 2.05) is 47.4 Å². The molecule has 5 rings (SSSR count). The van der Waals surface area contributed by atoms with Crippen LogP contribution in [0.3, 0.4) is 0 Å². The van der Waals surface area contributed by atoms with Crippen molar-refractivity contribution in [3.63, 3.8) is 0 Å². The van der Waals surface area contributed by atoms with Gasteiger partial charge in [0.2, 0.25) is 0 Å². The van der Waals surface area contributed by atoms with Crippen molar-refractivity contribution >= 4 is 17.1 Å². The zero-order valence-corrected chi connectivity index (χ0v) is 20.9. The van der Waals surface area contributed by atoms with E-state index >= 15 is 0 Å². The molecule has 1 aliphatic heterocycles. The van der Waals surface area contributed by atoms with Gasteiger partial charge in [-0.25, -0.2) is 14.8 Å². The van der Waals surface area contributed by atoms with E-state index in [-0.39, 0.29) is 17.6 Å². The first-order chi connectivity index (χ1) is 17.5. The molecular formula is C28H31N5O3. The maximum atomic E-state index is 13.0. The van der Waals surface area contributed by atoms with Crippen LogP contribution in [-0.2, 0) is 11.3 Å². The molecule has 0 saturated carbocycles. The van der Waals surface area contributed by atoms with Gasteiger partial charge in [-0.2, -0.15) is 0 Å². The zero-order chi connectivity index (χ0) is 25.2. The number of nitrogens with zero attached hydrogens (tertiary/aromatic N) is 4. The third-order valence-corrected chi connectivity index (χ3v) is 6.87. The van der Waals surface area contributed by atoms with Crippen molar-refractivity contribution < 1.29 is 9.53 Å². The molecule has 0 aliphatic carbocycles. The maximum Gasteiger partial charge on any atom is 0.328 e. The zero-order valence-electron chi connectivity index (χ0n) is 20.9. The van der Waals surface area contributed by atoms with Crippen molar-refractivity contribution in [1.82, 2.24) is 24.4 Å². The van der Waals surface area contributed by atoms with E-state index in [1.54, 1.807) is 17.9 Å². The third-order valence-electron chi connectivity index (χ3n) is 6.87. The SMILES string of the molecule is COC[C@H]1CCCN1C(=O)c1ccc(Cn2c(=O)[nH]c3cnc(-c4ccccc4C(C)C)nc32)cc1. The van der Waals surface area contributed by atoms with Gasteiger partial charge in [-0.15, -0.1) is 0 Å². The van der Waals surface area contributed by atoms with Crippen LogP contribution in [0.25, 0.3) is 22.6 Å². The van der Waals surface area contributed by atoms with Gasteiger partial charge in [-0.3, -0.25) is 9.36 Å². The van der Waals surface area contributed by atoms with E-state index in [1.165, 1.54) is 0 Å². The summed E-state index contributed by atoms with van der Waals surface area (Å²) in [5, 5.41) is 0. The van der Waals surface area contributed by atoms with Gasteiger partial charge in [-0.05, 0) is 42.0 Å². The monoisotopic (exact) mass is 485 g/mol. The second-order valence-electron chi connectivity index (χ2n) is 9.64. The number of hydrogen-bond donors (Lipinski definition) is 1. The van der Waals surface area contributed by atoms with Crippen molar-refractivity contribution in [3.8, 4) is 11.4 Å². The minimum absolute atomic E-state index is 0.0200. The van der Waals surface area contributed by atoms with Crippen LogP contribution < -0.4 is 5.69 Å². The van der Waals surface area contributed by atoms with Crippen LogP contribution in [0.5, 0.6) is 0 Å². The predicted molar refractivity (Wildman–Crippen MR) is 139 cm³/mol. The molecule has 1 fully saturated rings. The Morgan fingerprint density at radius 3 is 2.69 bits per heavy atom. The quantitative estimate of drug-likeness (QED) is 0.423. The van der Waals surface area contributed by atoms with Crippen molar-refractivity contribution in [3.05, 3.63) is 81.9 Å². The summed E-state index contributed by atoms with van der Waals surface area (Å²) in [5.74, 6) is 0.934. The number of benzene rings is 2. The lowest BCUT2D eigenvalue weighted by atomic mass is 9.97. The molecule has 3 heterocycles. The molecule has 0 unspecified atom stereocenters.